The van der Waals surface area contributed by atoms with Crippen LogP contribution in [0.3, 0.4) is 0 Å². The first-order valence-corrected chi connectivity index (χ1v) is 8.77. The van der Waals surface area contributed by atoms with Crippen molar-refractivity contribution in [2.75, 3.05) is 13.7 Å². The van der Waals surface area contributed by atoms with Gasteiger partial charge in [0.25, 0.3) is 5.91 Å². The lowest BCUT2D eigenvalue weighted by atomic mass is 10.00. The molecule has 3 aromatic carbocycles. The Kier molecular flexibility index (Phi) is 5.89. The van der Waals surface area contributed by atoms with Crippen LogP contribution in [-0.4, -0.2) is 25.6 Å². The highest BCUT2D eigenvalue weighted by molar-refractivity contribution is 5.92. The van der Waals surface area contributed by atoms with Crippen LogP contribution >= 0.6 is 0 Å². The van der Waals surface area contributed by atoms with Crippen LogP contribution in [0.4, 0.5) is 4.39 Å². The van der Waals surface area contributed by atoms with Gasteiger partial charge in [-0.2, -0.15) is 0 Å². The van der Waals surface area contributed by atoms with E-state index in [1.807, 2.05) is 49.4 Å². The molecule has 1 atom stereocenters. The van der Waals surface area contributed by atoms with Crippen LogP contribution in [-0.2, 0) is 9.53 Å². The van der Waals surface area contributed by atoms with Gasteiger partial charge in [0.15, 0.2) is 6.61 Å². The second kappa shape index (κ2) is 8.52. The first-order valence-electron chi connectivity index (χ1n) is 8.77. The summed E-state index contributed by atoms with van der Waals surface area (Å²) < 4.78 is 23.7. The van der Waals surface area contributed by atoms with Gasteiger partial charge < -0.3 is 14.8 Å². The van der Waals surface area contributed by atoms with Crippen LogP contribution in [0.1, 0.15) is 28.9 Å². The summed E-state index contributed by atoms with van der Waals surface area (Å²) in [6, 6.07) is 17.2. The lowest BCUT2D eigenvalue weighted by Gasteiger charge is -2.16. The number of rotatable bonds is 6. The molecule has 5 nitrogen and oxygen atoms in total. The van der Waals surface area contributed by atoms with Gasteiger partial charge in [-0.1, -0.05) is 42.5 Å². The summed E-state index contributed by atoms with van der Waals surface area (Å²) in [6.45, 7) is 1.35. The highest BCUT2D eigenvalue weighted by Gasteiger charge is 2.17. The van der Waals surface area contributed by atoms with Crippen molar-refractivity contribution < 1.29 is 23.5 Å². The maximum absolute atomic E-state index is 13.9. The summed E-state index contributed by atoms with van der Waals surface area (Å²) in [6.07, 6.45) is 0. The van der Waals surface area contributed by atoms with Crippen molar-refractivity contribution in [2.45, 2.75) is 13.0 Å². The lowest BCUT2D eigenvalue weighted by Crippen LogP contribution is -2.31. The molecule has 3 aromatic rings. The molecule has 0 heterocycles. The zero-order valence-electron chi connectivity index (χ0n) is 15.6. The van der Waals surface area contributed by atoms with Crippen LogP contribution in [0.25, 0.3) is 10.8 Å². The highest BCUT2D eigenvalue weighted by atomic mass is 19.1. The van der Waals surface area contributed by atoms with Crippen LogP contribution in [0.5, 0.6) is 5.75 Å². The van der Waals surface area contributed by atoms with Gasteiger partial charge in [0.1, 0.15) is 11.6 Å². The normalized spacial score (nSPS) is 11.7. The molecular formula is C22H20FNO4. The summed E-state index contributed by atoms with van der Waals surface area (Å²) in [4.78, 5) is 24.2. The van der Waals surface area contributed by atoms with Gasteiger partial charge in [-0.05, 0) is 35.4 Å². The van der Waals surface area contributed by atoms with Gasteiger partial charge in [-0.25, -0.2) is 9.18 Å². The van der Waals surface area contributed by atoms with E-state index in [4.69, 9.17) is 9.47 Å². The molecule has 6 heteroatoms. The Morgan fingerprint density at radius 1 is 1.07 bits per heavy atom. The monoisotopic (exact) mass is 381 g/mol. The number of fused-ring (bicyclic) bond motifs is 1. The van der Waals surface area contributed by atoms with Crippen molar-refractivity contribution in [2.24, 2.45) is 0 Å². The third-order valence-corrected chi connectivity index (χ3v) is 4.40. The second-order valence-corrected chi connectivity index (χ2v) is 6.28. The molecule has 0 aromatic heterocycles. The maximum Gasteiger partial charge on any atom is 0.341 e. The topological polar surface area (TPSA) is 64.6 Å². The number of benzene rings is 3. The third kappa shape index (κ3) is 4.28. The predicted octanol–water partition coefficient (Wildman–Crippen LogP) is 4.02. The van der Waals surface area contributed by atoms with Crippen molar-refractivity contribution in [3.8, 4) is 5.75 Å². The van der Waals surface area contributed by atoms with Crippen LogP contribution < -0.4 is 10.1 Å². The molecule has 0 fully saturated rings. The Bertz CT molecular complexity index is 1010. The minimum Gasteiger partial charge on any atom is -0.497 e. The summed E-state index contributed by atoms with van der Waals surface area (Å²) in [5.41, 5.74) is 0.703. The molecule has 28 heavy (non-hydrogen) atoms. The summed E-state index contributed by atoms with van der Waals surface area (Å²) in [7, 11) is 1.40. The van der Waals surface area contributed by atoms with Crippen molar-refractivity contribution in [1.82, 2.24) is 5.32 Å². The van der Waals surface area contributed by atoms with Crippen LogP contribution in [0.15, 0.2) is 60.7 Å². The average molecular weight is 381 g/mol. The van der Waals surface area contributed by atoms with Gasteiger partial charge in [-0.15, -0.1) is 0 Å². The molecule has 0 spiro atoms. The molecule has 144 valence electrons. The van der Waals surface area contributed by atoms with Gasteiger partial charge in [0, 0.05) is 6.07 Å². The minimum atomic E-state index is -0.909. The van der Waals surface area contributed by atoms with Crippen LogP contribution in [0.2, 0.25) is 0 Å². The van der Waals surface area contributed by atoms with Gasteiger partial charge in [0.05, 0.1) is 18.7 Å². The van der Waals surface area contributed by atoms with Gasteiger partial charge in [0.2, 0.25) is 0 Å². The number of esters is 1. The van der Waals surface area contributed by atoms with Crippen LogP contribution in [0, 0.1) is 5.82 Å². The number of nitrogens with one attached hydrogen (secondary N) is 1. The summed E-state index contributed by atoms with van der Waals surface area (Å²) in [5.74, 6) is -1.86. The quantitative estimate of drug-likeness (QED) is 0.655. The molecule has 1 N–H and O–H groups in total. The largest absolute Gasteiger partial charge is 0.497 e. The lowest BCUT2D eigenvalue weighted by molar-refractivity contribution is -0.124. The smallest absolute Gasteiger partial charge is 0.341 e. The van der Waals surface area contributed by atoms with Crippen molar-refractivity contribution in [3.63, 3.8) is 0 Å². The molecule has 0 aliphatic carbocycles. The molecule has 0 saturated carbocycles. The number of carbonyl (C=O) groups is 2. The fourth-order valence-electron chi connectivity index (χ4n) is 2.99. The van der Waals surface area contributed by atoms with E-state index in [0.717, 1.165) is 22.4 Å². The first-order chi connectivity index (χ1) is 13.5. The van der Waals surface area contributed by atoms with E-state index >= 15 is 0 Å². The van der Waals surface area contributed by atoms with E-state index in [1.165, 1.54) is 19.2 Å². The molecule has 1 amide bonds. The van der Waals surface area contributed by atoms with E-state index in [-0.39, 0.29) is 17.4 Å². The molecular weight excluding hydrogens is 361 g/mol. The summed E-state index contributed by atoms with van der Waals surface area (Å²) in [5, 5.41) is 4.91. The first kappa shape index (κ1) is 19.4. The van der Waals surface area contributed by atoms with E-state index in [2.05, 4.69) is 5.32 Å². The van der Waals surface area contributed by atoms with Crippen molar-refractivity contribution in [1.29, 1.82) is 0 Å². The number of hydrogen-bond donors (Lipinski definition) is 1. The molecule has 0 aliphatic rings. The SMILES string of the molecule is COc1ccc(C(=O)OCC(=O)N[C@@H](C)c2cccc3ccccc23)c(F)c1. The Hall–Kier alpha value is -3.41. The third-order valence-electron chi connectivity index (χ3n) is 4.40. The van der Waals surface area contributed by atoms with Gasteiger partial charge in [-0.3, -0.25) is 4.79 Å². The number of carbonyl (C=O) groups excluding carboxylic acids is 2. The fraction of sp³-hybridized carbons (Fsp3) is 0.182. The molecule has 0 aliphatic heterocycles. The van der Waals surface area contributed by atoms with Gasteiger partial charge >= 0.3 is 5.97 Å². The Morgan fingerprint density at radius 3 is 2.57 bits per heavy atom. The standard InChI is InChI=1S/C22H20FNO4/c1-14(17-9-5-7-15-6-3-4-8-18(15)17)24-21(25)13-28-22(26)19-11-10-16(27-2)12-20(19)23/h3-12,14H,13H2,1-2H3,(H,24,25)/t14-/m0/s1. The minimum absolute atomic E-state index is 0.254. The number of methoxy groups -OCH3 is 1. The average Bonchev–Trinajstić information content (AvgIpc) is 2.71. The Balaban J connectivity index is 1.61. The number of ether oxygens (including phenoxy) is 2. The zero-order valence-corrected chi connectivity index (χ0v) is 15.6. The van der Waals surface area contributed by atoms with Crippen molar-refractivity contribution in [3.05, 3.63) is 77.6 Å². The maximum atomic E-state index is 13.9. The summed E-state index contributed by atoms with van der Waals surface area (Å²) >= 11 is 0. The predicted molar refractivity (Wildman–Crippen MR) is 104 cm³/mol. The van der Waals surface area contributed by atoms with E-state index in [1.54, 1.807) is 0 Å². The molecule has 0 bridgehead atoms. The zero-order chi connectivity index (χ0) is 20.1. The number of hydrogen-bond acceptors (Lipinski definition) is 4. The fourth-order valence-corrected chi connectivity index (χ4v) is 2.99. The number of halogens is 1. The molecule has 0 saturated heterocycles. The Labute approximate surface area is 162 Å². The van der Waals surface area contributed by atoms with E-state index in [9.17, 15) is 14.0 Å². The van der Waals surface area contributed by atoms with E-state index < -0.39 is 24.3 Å². The Morgan fingerprint density at radius 2 is 1.82 bits per heavy atom. The molecule has 0 radical (unpaired) electrons. The number of amides is 1. The van der Waals surface area contributed by atoms with Crippen molar-refractivity contribution >= 4 is 22.6 Å². The molecule has 0 unspecified atom stereocenters. The molecule has 3 rings (SSSR count). The second-order valence-electron chi connectivity index (χ2n) is 6.28. The van der Waals surface area contributed by atoms with E-state index in [0.29, 0.717) is 0 Å². The highest BCUT2D eigenvalue weighted by Crippen LogP contribution is 2.24.